The van der Waals surface area contributed by atoms with E-state index in [0.29, 0.717) is 22.6 Å². The average Bonchev–Trinajstić information content (AvgIpc) is 2.74. The van der Waals surface area contributed by atoms with Crippen LogP contribution in [0.3, 0.4) is 0 Å². The molecular weight excluding hydrogens is 428 g/mol. The summed E-state index contributed by atoms with van der Waals surface area (Å²) in [5.74, 6) is 1.16. The highest BCUT2D eigenvalue weighted by Crippen LogP contribution is 2.23. The molecule has 0 fully saturated rings. The van der Waals surface area contributed by atoms with Crippen molar-refractivity contribution in [3.63, 3.8) is 0 Å². The fraction of sp³-hybridized carbons (Fsp3) is 0.150. The Morgan fingerprint density at radius 2 is 2.07 bits per heavy atom. The van der Waals surface area contributed by atoms with Crippen molar-refractivity contribution in [2.24, 2.45) is 5.10 Å². The Morgan fingerprint density at radius 1 is 1.30 bits per heavy atom. The number of hydrogen-bond acceptors (Lipinski definition) is 7. The summed E-state index contributed by atoms with van der Waals surface area (Å²) >= 11 is 7.57. The number of halogens is 1. The molecule has 1 heterocycles. The van der Waals surface area contributed by atoms with Gasteiger partial charge in [-0.2, -0.15) is 5.10 Å². The minimum Gasteiger partial charge on any atom is -0.497 e. The third-order valence-electron chi connectivity index (χ3n) is 4.05. The molecule has 2 aromatic carbocycles. The van der Waals surface area contributed by atoms with E-state index < -0.39 is 4.92 Å². The Kier molecular flexibility index (Phi) is 7.21. The lowest BCUT2D eigenvalue weighted by Gasteiger charge is -2.05. The van der Waals surface area contributed by atoms with E-state index in [1.165, 1.54) is 30.1 Å². The van der Waals surface area contributed by atoms with Crippen molar-refractivity contribution in [2.45, 2.75) is 5.75 Å². The Hall–Kier alpha value is -3.17. The van der Waals surface area contributed by atoms with Crippen LogP contribution in [0.2, 0.25) is 5.15 Å². The van der Waals surface area contributed by atoms with Crippen molar-refractivity contribution >= 4 is 52.1 Å². The molecular formula is C20H17ClN4O4S. The summed E-state index contributed by atoms with van der Waals surface area (Å²) in [6.07, 6.45) is 1.44. The molecule has 3 aromatic rings. The largest absolute Gasteiger partial charge is 0.497 e. The molecule has 0 saturated carbocycles. The maximum Gasteiger partial charge on any atom is 0.269 e. The molecule has 0 atom stereocenters. The van der Waals surface area contributed by atoms with Crippen LogP contribution >= 0.6 is 23.4 Å². The lowest BCUT2D eigenvalue weighted by atomic mass is 10.1. The van der Waals surface area contributed by atoms with Crippen molar-refractivity contribution in [3.05, 3.63) is 74.9 Å². The monoisotopic (exact) mass is 444 g/mol. The number of benzene rings is 2. The number of aromatic nitrogens is 1. The number of non-ortho nitro benzene ring substituents is 1. The summed E-state index contributed by atoms with van der Waals surface area (Å²) in [6.45, 7) is 0. The van der Waals surface area contributed by atoms with Crippen molar-refractivity contribution in [1.82, 2.24) is 10.4 Å². The first-order chi connectivity index (χ1) is 14.5. The van der Waals surface area contributed by atoms with Gasteiger partial charge in [-0.25, -0.2) is 10.4 Å². The third-order valence-corrected chi connectivity index (χ3v) is 5.35. The predicted molar refractivity (Wildman–Crippen MR) is 118 cm³/mol. The number of nitrogens with one attached hydrogen (secondary N) is 1. The summed E-state index contributed by atoms with van der Waals surface area (Å²) in [5, 5.41) is 15.7. The fourth-order valence-electron chi connectivity index (χ4n) is 2.54. The zero-order valence-electron chi connectivity index (χ0n) is 15.9. The second kappa shape index (κ2) is 10.0. The number of pyridine rings is 1. The van der Waals surface area contributed by atoms with E-state index >= 15 is 0 Å². The van der Waals surface area contributed by atoms with Gasteiger partial charge >= 0.3 is 0 Å². The van der Waals surface area contributed by atoms with Crippen LogP contribution in [0.25, 0.3) is 10.9 Å². The highest BCUT2D eigenvalue weighted by Gasteiger charge is 2.07. The molecule has 30 heavy (non-hydrogen) atoms. The average molecular weight is 445 g/mol. The maximum absolute atomic E-state index is 11.9. The van der Waals surface area contributed by atoms with E-state index in [1.807, 2.05) is 18.2 Å². The van der Waals surface area contributed by atoms with E-state index in [0.717, 1.165) is 10.9 Å². The topological polar surface area (TPSA) is 107 Å². The number of methoxy groups -OCH3 is 1. The lowest BCUT2D eigenvalue weighted by Crippen LogP contribution is -2.19. The summed E-state index contributed by atoms with van der Waals surface area (Å²) in [4.78, 5) is 26.5. The zero-order valence-corrected chi connectivity index (χ0v) is 17.4. The molecule has 0 spiro atoms. The molecule has 0 aliphatic rings. The molecule has 1 aromatic heterocycles. The van der Waals surface area contributed by atoms with Crippen LogP contribution in [0.15, 0.2) is 53.6 Å². The number of carbonyl (C=O) groups is 1. The summed E-state index contributed by atoms with van der Waals surface area (Å²) in [6, 6.07) is 13.5. The van der Waals surface area contributed by atoms with Gasteiger partial charge in [-0.05, 0) is 23.8 Å². The highest BCUT2D eigenvalue weighted by molar-refractivity contribution is 7.99. The van der Waals surface area contributed by atoms with Gasteiger partial charge in [0.25, 0.3) is 5.69 Å². The number of carbonyl (C=O) groups excluding carboxylic acids is 1. The lowest BCUT2D eigenvalue weighted by molar-refractivity contribution is -0.384. The van der Waals surface area contributed by atoms with Gasteiger partial charge in [0.05, 0.1) is 29.5 Å². The summed E-state index contributed by atoms with van der Waals surface area (Å²) in [7, 11) is 1.58. The molecule has 8 nitrogen and oxygen atoms in total. The van der Waals surface area contributed by atoms with Crippen LogP contribution in [0.5, 0.6) is 5.75 Å². The number of nitrogens with zero attached hydrogens (tertiary/aromatic N) is 3. The van der Waals surface area contributed by atoms with Crippen LogP contribution < -0.4 is 10.2 Å². The molecule has 154 valence electrons. The van der Waals surface area contributed by atoms with Gasteiger partial charge in [0.15, 0.2) is 0 Å². The third kappa shape index (κ3) is 5.68. The van der Waals surface area contributed by atoms with Crippen LogP contribution in [-0.2, 0) is 10.5 Å². The number of thioether (sulfide) groups is 1. The van der Waals surface area contributed by atoms with E-state index in [4.69, 9.17) is 16.3 Å². The SMILES string of the molecule is COc1ccc2cc(C=NNC(=O)CSCc3ccc([N+](=O)[O-])cc3)c(Cl)nc2c1. The van der Waals surface area contributed by atoms with Gasteiger partial charge in [-0.15, -0.1) is 11.8 Å². The second-order valence-electron chi connectivity index (χ2n) is 6.14. The number of ether oxygens (including phenoxy) is 1. The van der Waals surface area contributed by atoms with E-state index in [1.54, 1.807) is 25.3 Å². The van der Waals surface area contributed by atoms with E-state index in [9.17, 15) is 14.9 Å². The van der Waals surface area contributed by atoms with Gasteiger partial charge in [-0.3, -0.25) is 14.9 Å². The molecule has 0 aliphatic carbocycles. The predicted octanol–water partition coefficient (Wildman–Crippen LogP) is 4.19. The Morgan fingerprint density at radius 3 is 2.77 bits per heavy atom. The quantitative estimate of drug-likeness (QED) is 0.241. The molecule has 10 heteroatoms. The summed E-state index contributed by atoms with van der Waals surface area (Å²) < 4.78 is 5.17. The molecule has 0 radical (unpaired) electrons. The van der Waals surface area contributed by atoms with Crippen LogP contribution in [0, 0.1) is 10.1 Å². The first-order valence-corrected chi connectivity index (χ1v) is 10.3. The minimum atomic E-state index is -0.448. The first-order valence-electron chi connectivity index (χ1n) is 8.73. The number of hydrazone groups is 1. The molecule has 0 saturated heterocycles. The highest BCUT2D eigenvalue weighted by atomic mass is 35.5. The van der Waals surface area contributed by atoms with Crippen LogP contribution in [-0.4, -0.2) is 34.9 Å². The maximum atomic E-state index is 11.9. The number of rotatable bonds is 8. The van der Waals surface area contributed by atoms with Gasteiger partial charge in [0.2, 0.25) is 5.91 Å². The van der Waals surface area contributed by atoms with Crippen molar-refractivity contribution < 1.29 is 14.5 Å². The minimum absolute atomic E-state index is 0.0387. The smallest absolute Gasteiger partial charge is 0.269 e. The van der Waals surface area contributed by atoms with Gasteiger partial charge in [0.1, 0.15) is 10.9 Å². The first kappa shape index (κ1) is 21.5. The van der Waals surface area contributed by atoms with Gasteiger partial charge < -0.3 is 4.74 Å². The molecule has 0 unspecified atom stereocenters. The number of nitro benzene ring substituents is 1. The second-order valence-corrected chi connectivity index (χ2v) is 7.48. The molecule has 0 bridgehead atoms. The standard InChI is InChI=1S/C20H17ClN4O4S/c1-29-17-7-4-14-8-15(20(21)23-18(14)9-17)10-22-24-19(26)12-30-11-13-2-5-16(6-3-13)25(27)28/h2-10H,11-12H2,1H3,(H,24,26). The Bertz CT molecular complexity index is 1110. The van der Waals surface area contributed by atoms with Crippen molar-refractivity contribution in [3.8, 4) is 5.75 Å². The number of nitro groups is 1. The normalized spacial score (nSPS) is 11.0. The molecule has 0 aliphatic heterocycles. The number of hydrogen-bond donors (Lipinski definition) is 1. The van der Waals surface area contributed by atoms with Gasteiger partial charge in [0, 0.05) is 34.9 Å². The Balaban J connectivity index is 1.51. The van der Waals surface area contributed by atoms with E-state index in [-0.39, 0.29) is 22.5 Å². The number of fused-ring (bicyclic) bond motifs is 1. The number of amides is 1. The molecule has 1 amide bonds. The zero-order chi connectivity index (χ0) is 21.5. The van der Waals surface area contributed by atoms with Crippen LogP contribution in [0.4, 0.5) is 5.69 Å². The molecule has 3 rings (SSSR count). The fourth-order valence-corrected chi connectivity index (χ4v) is 3.51. The Labute approximate surface area is 181 Å². The van der Waals surface area contributed by atoms with Crippen LogP contribution in [0.1, 0.15) is 11.1 Å². The van der Waals surface area contributed by atoms with Crippen molar-refractivity contribution in [1.29, 1.82) is 0 Å². The summed E-state index contributed by atoms with van der Waals surface area (Å²) in [5.41, 5.74) is 4.66. The van der Waals surface area contributed by atoms with Crippen molar-refractivity contribution in [2.75, 3.05) is 12.9 Å². The molecule has 1 N–H and O–H groups in total. The van der Waals surface area contributed by atoms with Gasteiger partial charge in [-0.1, -0.05) is 23.7 Å². The van der Waals surface area contributed by atoms with E-state index in [2.05, 4.69) is 15.5 Å².